The summed E-state index contributed by atoms with van der Waals surface area (Å²) >= 11 is 5.88. The van der Waals surface area contributed by atoms with Gasteiger partial charge in [-0.1, -0.05) is 11.6 Å². The minimum atomic E-state index is 0.336. The summed E-state index contributed by atoms with van der Waals surface area (Å²) in [6, 6.07) is 7.47. The molecule has 0 unspecified atom stereocenters. The summed E-state index contributed by atoms with van der Waals surface area (Å²) in [7, 11) is 1.90. The lowest BCUT2D eigenvalue weighted by Crippen LogP contribution is -2.12. The molecule has 0 atom stereocenters. The Morgan fingerprint density at radius 1 is 1.21 bits per heavy atom. The number of anilines is 3. The average molecular weight is 275 g/mol. The second-order valence-corrected chi connectivity index (χ2v) is 4.47. The number of fused-ring (bicyclic) bond motifs is 1. The van der Waals surface area contributed by atoms with Crippen molar-refractivity contribution < 1.29 is 0 Å². The van der Waals surface area contributed by atoms with Crippen molar-refractivity contribution in [1.29, 1.82) is 0 Å². The lowest BCUT2D eigenvalue weighted by atomic mass is 10.3. The van der Waals surface area contributed by atoms with E-state index in [1.165, 1.54) is 0 Å². The fourth-order valence-electron chi connectivity index (χ4n) is 1.85. The van der Waals surface area contributed by atoms with Crippen LogP contribution in [0, 0.1) is 0 Å². The molecule has 0 radical (unpaired) electrons. The zero-order valence-corrected chi connectivity index (χ0v) is 10.9. The maximum Gasteiger partial charge on any atom is 0.226 e. The maximum absolute atomic E-state index is 5.88. The van der Waals surface area contributed by atoms with Gasteiger partial charge in [0.1, 0.15) is 0 Å². The lowest BCUT2D eigenvalue weighted by Gasteiger charge is -2.18. The van der Waals surface area contributed by atoms with Gasteiger partial charge in [0.15, 0.2) is 5.82 Å². The van der Waals surface area contributed by atoms with Crippen LogP contribution < -0.4 is 10.6 Å². The van der Waals surface area contributed by atoms with Gasteiger partial charge in [-0.25, -0.2) is 4.98 Å². The van der Waals surface area contributed by atoms with E-state index < -0.39 is 0 Å². The van der Waals surface area contributed by atoms with E-state index >= 15 is 0 Å². The first-order valence-electron chi connectivity index (χ1n) is 5.61. The zero-order valence-electron chi connectivity index (χ0n) is 10.2. The van der Waals surface area contributed by atoms with Gasteiger partial charge in [0.25, 0.3) is 0 Å². The lowest BCUT2D eigenvalue weighted by molar-refractivity contribution is 1.07. The van der Waals surface area contributed by atoms with Crippen molar-refractivity contribution in [3.05, 3.63) is 41.7 Å². The predicted molar refractivity (Wildman–Crippen MR) is 74.7 cm³/mol. The molecule has 0 bridgehead atoms. The van der Waals surface area contributed by atoms with E-state index in [-0.39, 0.29) is 0 Å². The highest BCUT2D eigenvalue weighted by Crippen LogP contribution is 2.26. The van der Waals surface area contributed by atoms with Crippen LogP contribution in [-0.4, -0.2) is 26.6 Å². The molecule has 0 aliphatic carbocycles. The van der Waals surface area contributed by atoms with Crippen LogP contribution in [0.25, 0.3) is 5.65 Å². The molecule has 1 aromatic carbocycles. The Hall–Kier alpha value is -2.34. The van der Waals surface area contributed by atoms with Gasteiger partial charge in [0, 0.05) is 30.2 Å². The quantitative estimate of drug-likeness (QED) is 0.775. The molecule has 2 aromatic heterocycles. The number of halogens is 1. The highest BCUT2D eigenvalue weighted by Gasteiger charge is 2.13. The van der Waals surface area contributed by atoms with Crippen LogP contribution >= 0.6 is 11.6 Å². The van der Waals surface area contributed by atoms with Crippen molar-refractivity contribution >= 4 is 34.7 Å². The van der Waals surface area contributed by atoms with Crippen LogP contribution in [0.3, 0.4) is 0 Å². The Morgan fingerprint density at radius 2 is 1.95 bits per heavy atom. The summed E-state index contributed by atoms with van der Waals surface area (Å²) in [5.74, 6) is 1.01. The molecule has 3 aromatic rings. The summed E-state index contributed by atoms with van der Waals surface area (Å²) in [5, 5.41) is 8.58. The van der Waals surface area contributed by atoms with Gasteiger partial charge in [0.2, 0.25) is 11.6 Å². The first-order valence-corrected chi connectivity index (χ1v) is 5.99. The fourth-order valence-corrected chi connectivity index (χ4v) is 1.98. The van der Waals surface area contributed by atoms with Crippen molar-refractivity contribution in [3.8, 4) is 0 Å². The number of nitrogens with two attached hydrogens (primary N) is 1. The highest BCUT2D eigenvalue weighted by molar-refractivity contribution is 6.30. The minimum Gasteiger partial charge on any atom is -0.368 e. The third kappa shape index (κ3) is 1.96. The van der Waals surface area contributed by atoms with Gasteiger partial charge in [-0.15, -0.1) is 10.2 Å². The van der Waals surface area contributed by atoms with Crippen molar-refractivity contribution in [3.63, 3.8) is 0 Å². The normalized spacial score (nSPS) is 10.8. The van der Waals surface area contributed by atoms with E-state index in [0.29, 0.717) is 22.4 Å². The van der Waals surface area contributed by atoms with Crippen LogP contribution in [0.15, 0.2) is 36.7 Å². The van der Waals surface area contributed by atoms with Gasteiger partial charge in [-0.3, -0.25) is 4.40 Å². The Balaban J connectivity index is 2.11. The summed E-state index contributed by atoms with van der Waals surface area (Å²) in [6.45, 7) is 0. The van der Waals surface area contributed by atoms with E-state index in [9.17, 15) is 0 Å². The number of aromatic nitrogens is 4. The molecule has 0 aliphatic heterocycles. The van der Waals surface area contributed by atoms with Crippen molar-refractivity contribution in [2.45, 2.75) is 0 Å². The largest absolute Gasteiger partial charge is 0.368 e. The zero-order chi connectivity index (χ0) is 13.4. The monoisotopic (exact) mass is 274 g/mol. The summed E-state index contributed by atoms with van der Waals surface area (Å²) < 4.78 is 1.69. The summed E-state index contributed by atoms with van der Waals surface area (Å²) in [5.41, 5.74) is 7.29. The van der Waals surface area contributed by atoms with Gasteiger partial charge >= 0.3 is 0 Å². The van der Waals surface area contributed by atoms with Crippen LogP contribution in [0.2, 0.25) is 5.02 Å². The van der Waals surface area contributed by atoms with E-state index in [1.54, 1.807) is 16.8 Å². The molecular formula is C12H11ClN6. The van der Waals surface area contributed by atoms with Crippen molar-refractivity contribution in [2.75, 3.05) is 17.7 Å². The number of nitrogens with zero attached hydrogens (tertiary/aromatic N) is 5. The van der Waals surface area contributed by atoms with Gasteiger partial charge in [0.05, 0.1) is 0 Å². The average Bonchev–Trinajstić information content (AvgIpc) is 2.81. The number of hydrogen-bond acceptors (Lipinski definition) is 5. The predicted octanol–water partition coefficient (Wildman–Crippen LogP) is 2.13. The Labute approximate surface area is 114 Å². The van der Waals surface area contributed by atoms with Crippen LogP contribution in [0.4, 0.5) is 17.5 Å². The first kappa shape index (κ1) is 11.7. The van der Waals surface area contributed by atoms with E-state index in [1.807, 2.05) is 36.2 Å². The highest BCUT2D eigenvalue weighted by atomic mass is 35.5. The van der Waals surface area contributed by atoms with Gasteiger partial charge in [-0.05, 0) is 24.3 Å². The number of hydrogen-bond donors (Lipinski definition) is 1. The molecule has 6 nitrogen and oxygen atoms in total. The number of nitrogen functional groups attached to an aromatic ring is 1. The summed E-state index contributed by atoms with van der Waals surface area (Å²) in [6.07, 6.45) is 3.39. The molecule has 0 saturated heterocycles. The van der Waals surface area contributed by atoms with Crippen molar-refractivity contribution in [1.82, 2.24) is 19.6 Å². The van der Waals surface area contributed by atoms with Crippen LogP contribution in [0.1, 0.15) is 0 Å². The molecule has 19 heavy (non-hydrogen) atoms. The first-order chi connectivity index (χ1) is 9.16. The Bertz CT molecular complexity index is 721. The smallest absolute Gasteiger partial charge is 0.226 e. The third-order valence-electron chi connectivity index (χ3n) is 2.87. The molecule has 2 heterocycles. The maximum atomic E-state index is 5.88. The van der Waals surface area contributed by atoms with Crippen LogP contribution in [0.5, 0.6) is 0 Å². The second-order valence-electron chi connectivity index (χ2n) is 4.04. The Morgan fingerprint density at radius 3 is 2.68 bits per heavy atom. The summed E-state index contributed by atoms with van der Waals surface area (Å²) in [4.78, 5) is 6.24. The molecule has 2 N–H and O–H groups in total. The van der Waals surface area contributed by atoms with Gasteiger partial charge in [-0.2, -0.15) is 0 Å². The number of rotatable bonds is 2. The van der Waals surface area contributed by atoms with E-state index in [2.05, 4.69) is 15.2 Å². The van der Waals surface area contributed by atoms with Crippen molar-refractivity contribution in [2.24, 2.45) is 0 Å². The molecule has 7 heteroatoms. The standard InChI is InChI=1S/C12H11ClN6/c1-18(9-4-2-8(13)3-5-9)10-11-16-17-12(14)19(11)7-6-15-10/h2-7H,1H3,(H2,14,17). The van der Waals surface area contributed by atoms with E-state index in [4.69, 9.17) is 17.3 Å². The SMILES string of the molecule is CN(c1ccc(Cl)cc1)c1nccn2c(N)nnc12. The van der Waals surface area contributed by atoms with E-state index in [0.717, 1.165) is 5.69 Å². The second kappa shape index (κ2) is 4.40. The van der Waals surface area contributed by atoms with Gasteiger partial charge < -0.3 is 10.6 Å². The Kier molecular flexibility index (Phi) is 2.72. The topological polar surface area (TPSA) is 72.3 Å². The molecule has 96 valence electrons. The van der Waals surface area contributed by atoms with Crippen LogP contribution in [-0.2, 0) is 0 Å². The fraction of sp³-hybridized carbons (Fsp3) is 0.0833. The molecular weight excluding hydrogens is 264 g/mol. The minimum absolute atomic E-state index is 0.336. The molecule has 0 fully saturated rings. The molecule has 0 aliphatic rings. The molecule has 0 amide bonds. The molecule has 3 rings (SSSR count). The number of benzene rings is 1. The third-order valence-corrected chi connectivity index (χ3v) is 3.12. The molecule has 0 saturated carbocycles. The molecule has 0 spiro atoms.